The Morgan fingerprint density at radius 3 is 2.40 bits per heavy atom. The van der Waals surface area contributed by atoms with Gasteiger partial charge in [-0.2, -0.15) is 0 Å². The van der Waals surface area contributed by atoms with Crippen molar-refractivity contribution in [3.8, 4) is 5.69 Å². The number of aryl methyl sites for hydroxylation is 2. The van der Waals surface area contributed by atoms with Crippen molar-refractivity contribution in [1.82, 2.24) is 23.6 Å². The van der Waals surface area contributed by atoms with Gasteiger partial charge in [0.2, 0.25) is 10.5 Å². The third-order valence-corrected chi connectivity index (χ3v) is 6.44. The number of para-hydroxylation sites is 2. The van der Waals surface area contributed by atoms with Crippen LogP contribution in [0, 0.1) is 18.6 Å². The molecular weight excluding hydrogens is 394 g/mol. The lowest BCUT2D eigenvalue weighted by Gasteiger charge is -2.25. The maximum Gasteiger partial charge on any atom is 0.267 e. The van der Waals surface area contributed by atoms with E-state index < -0.39 is 0 Å². The second-order valence-corrected chi connectivity index (χ2v) is 8.50. The molecule has 7 heteroatoms. The molecule has 0 aliphatic carbocycles. The highest BCUT2D eigenvalue weighted by molar-refractivity contribution is 7.71. The molecule has 4 aromatic rings. The number of likely N-dealkylation sites (tertiary alicyclic amines) is 1. The number of fused-ring (bicyclic) bond motifs is 3. The van der Waals surface area contributed by atoms with Crippen LogP contribution in [0.15, 0.2) is 47.3 Å². The molecule has 0 N–H and O–H groups in total. The molecule has 6 nitrogen and oxygen atoms in total. The third-order valence-electron chi connectivity index (χ3n) is 6.05. The Balaban J connectivity index is 1.85. The monoisotopic (exact) mass is 419 g/mol. The molecule has 0 radical (unpaired) electrons. The molecule has 3 heterocycles. The minimum Gasteiger partial charge on any atom is -0.284 e. The number of hydrogen-bond acceptors (Lipinski definition) is 4. The first-order chi connectivity index (χ1) is 14.6. The average molecular weight is 420 g/mol. The van der Waals surface area contributed by atoms with E-state index in [0.29, 0.717) is 22.6 Å². The van der Waals surface area contributed by atoms with Crippen LogP contribution in [0.1, 0.15) is 30.4 Å². The van der Waals surface area contributed by atoms with Gasteiger partial charge in [-0.25, -0.2) is 9.25 Å². The van der Waals surface area contributed by atoms with Gasteiger partial charge in [-0.15, -0.1) is 5.10 Å². The minimum absolute atomic E-state index is 0.0689. The summed E-state index contributed by atoms with van der Waals surface area (Å²) in [5.74, 6) is 0.568. The quantitative estimate of drug-likeness (QED) is 0.466. The van der Waals surface area contributed by atoms with Crippen LogP contribution in [0.4, 0.5) is 0 Å². The molecule has 30 heavy (non-hydrogen) atoms. The van der Waals surface area contributed by atoms with Crippen LogP contribution in [-0.4, -0.2) is 36.7 Å². The number of piperidine rings is 1. The summed E-state index contributed by atoms with van der Waals surface area (Å²) in [7, 11) is 0. The number of benzene rings is 2. The predicted molar refractivity (Wildman–Crippen MR) is 122 cm³/mol. The van der Waals surface area contributed by atoms with Crippen molar-refractivity contribution in [2.24, 2.45) is 0 Å². The molecule has 0 amide bonds. The maximum atomic E-state index is 13.6. The molecule has 1 aliphatic heterocycles. The third kappa shape index (κ3) is 3.00. The van der Waals surface area contributed by atoms with Crippen LogP contribution >= 0.6 is 12.2 Å². The van der Waals surface area contributed by atoms with Gasteiger partial charge in [0, 0.05) is 0 Å². The first-order valence-corrected chi connectivity index (χ1v) is 10.9. The summed E-state index contributed by atoms with van der Waals surface area (Å²) < 4.78 is 6.16. The summed E-state index contributed by atoms with van der Waals surface area (Å²) in [5, 5.41) is 5.51. The highest BCUT2D eigenvalue weighted by Gasteiger charge is 2.20. The van der Waals surface area contributed by atoms with Crippen molar-refractivity contribution < 1.29 is 0 Å². The van der Waals surface area contributed by atoms with Crippen LogP contribution < -0.4 is 5.56 Å². The van der Waals surface area contributed by atoms with Crippen LogP contribution in [0.2, 0.25) is 0 Å². The van der Waals surface area contributed by atoms with E-state index in [0.717, 1.165) is 35.4 Å². The van der Waals surface area contributed by atoms with E-state index in [9.17, 15) is 4.79 Å². The standard InChI is InChI=1S/C23H25N5OS/c1-16-9-8-10-17(2)20(16)28-21(29)18-11-4-5-12-19(18)27-22(28)24-26(23(27)30)15-25-13-6-3-7-14-25/h4-5,8-12H,3,6-7,13-15H2,1-2H3. The van der Waals surface area contributed by atoms with E-state index in [1.165, 1.54) is 19.3 Å². The number of hydrogen-bond donors (Lipinski definition) is 0. The lowest BCUT2D eigenvalue weighted by molar-refractivity contribution is 0.172. The molecule has 1 fully saturated rings. The highest BCUT2D eigenvalue weighted by Crippen LogP contribution is 2.22. The summed E-state index contributed by atoms with van der Waals surface area (Å²) in [6, 6.07) is 13.7. The Bertz CT molecular complexity index is 1350. The van der Waals surface area contributed by atoms with Crippen molar-refractivity contribution in [3.05, 3.63) is 68.7 Å². The Hall–Kier alpha value is -2.77. The summed E-state index contributed by atoms with van der Waals surface area (Å²) in [5.41, 5.74) is 3.68. The van der Waals surface area contributed by atoms with Gasteiger partial charge in [0.15, 0.2) is 0 Å². The molecule has 0 spiro atoms. The molecule has 1 saturated heterocycles. The normalized spacial score (nSPS) is 15.3. The van der Waals surface area contributed by atoms with Crippen molar-refractivity contribution in [3.63, 3.8) is 0 Å². The van der Waals surface area contributed by atoms with Gasteiger partial charge in [-0.3, -0.25) is 14.1 Å². The molecule has 154 valence electrons. The second kappa shape index (κ2) is 7.49. The molecule has 0 unspecified atom stereocenters. The van der Waals surface area contributed by atoms with E-state index in [1.807, 2.05) is 65.4 Å². The molecule has 2 aromatic carbocycles. The van der Waals surface area contributed by atoms with Gasteiger partial charge in [0.1, 0.15) is 0 Å². The van der Waals surface area contributed by atoms with E-state index >= 15 is 0 Å². The van der Waals surface area contributed by atoms with E-state index in [1.54, 1.807) is 4.57 Å². The zero-order valence-corrected chi connectivity index (χ0v) is 18.2. The predicted octanol–water partition coefficient (Wildman–Crippen LogP) is 4.23. The lowest BCUT2D eigenvalue weighted by Crippen LogP contribution is -2.32. The fourth-order valence-electron chi connectivity index (χ4n) is 4.55. The van der Waals surface area contributed by atoms with Crippen LogP contribution in [-0.2, 0) is 6.67 Å². The Morgan fingerprint density at radius 1 is 0.967 bits per heavy atom. The SMILES string of the molecule is Cc1cccc(C)c1-n1c(=O)c2ccccc2n2c(=S)n(CN3CCCCC3)nc12. The van der Waals surface area contributed by atoms with Crippen LogP contribution in [0.25, 0.3) is 22.4 Å². The topological polar surface area (TPSA) is 47.5 Å². The molecule has 2 aromatic heterocycles. The largest absolute Gasteiger partial charge is 0.284 e. The second-order valence-electron chi connectivity index (χ2n) is 8.14. The van der Waals surface area contributed by atoms with Gasteiger partial charge in [0.25, 0.3) is 5.56 Å². The highest BCUT2D eigenvalue weighted by atomic mass is 32.1. The fraction of sp³-hybridized carbons (Fsp3) is 0.348. The zero-order chi connectivity index (χ0) is 20.8. The fourth-order valence-corrected chi connectivity index (χ4v) is 4.83. The van der Waals surface area contributed by atoms with Crippen molar-refractivity contribution >= 4 is 28.9 Å². The number of rotatable bonds is 3. The Labute approximate surface area is 180 Å². The van der Waals surface area contributed by atoms with Crippen LogP contribution in [0.3, 0.4) is 0 Å². The molecular formula is C23H25N5OS. The maximum absolute atomic E-state index is 13.6. The summed E-state index contributed by atoms with van der Waals surface area (Å²) in [6.07, 6.45) is 3.69. The average Bonchev–Trinajstić information content (AvgIpc) is 3.07. The van der Waals surface area contributed by atoms with Gasteiger partial charge in [-0.05, 0) is 75.3 Å². The first kappa shape index (κ1) is 19.2. The molecule has 0 saturated carbocycles. The molecule has 5 rings (SSSR count). The van der Waals surface area contributed by atoms with E-state index in [2.05, 4.69) is 4.90 Å². The summed E-state index contributed by atoms with van der Waals surface area (Å²) in [6.45, 7) is 6.82. The van der Waals surface area contributed by atoms with Gasteiger partial charge >= 0.3 is 0 Å². The van der Waals surface area contributed by atoms with Gasteiger partial charge in [-0.1, -0.05) is 36.8 Å². The summed E-state index contributed by atoms with van der Waals surface area (Å²) in [4.78, 5) is 16.0. The minimum atomic E-state index is -0.0689. The van der Waals surface area contributed by atoms with Crippen molar-refractivity contribution in [1.29, 1.82) is 0 Å². The van der Waals surface area contributed by atoms with E-state index in [-0.39, 0.29) is 5.56 Å². The Morgan fingerprint density at radius 2 is 1.67 bits per heavy atom. The van der Waals surface area contributed by atoms with E-state index in [4.69, 9.17) is 17.3 Å². The zero-order valence-electron chi connectivity index (χ0n) is 17.3. The number of aromatic nitrogens is 4. The molecule has 0 atom stereocenters. The number of nitrogens with zero attached hydrogens (tertiary/aromatic N) is 5. The van der Waals surface area contributed by atoms with Crippen molar-refractivity contribution in [2.75, 3.05) is 13.1 Å². The van der Waals surface area contributed by atoms with Gasteiger partial charge in [0.05, 0.1) is 23.3 Å². The summed E-state index contributed by atoms with van der Waals surface area (Å²) >= 11 is 5.86. The Kier molecular flexibility index (Phi) is 4.79. The van der Waals surface area contributed by atoms with Crippen LogP contribution in [0.5, 0.6) is 0 Å². The van der Waals surface area contributed by atoms with Crippen molar-refractivity contribution in [2.45, 2.75) is 39.8 Å². The molecule has 1 aliphatic rings. The first-order valence-electron chi connectivity index (χ1n) is 10.5. The van der Waals surface area contributed by atoms with Gasteiger partial charge < -0.3 is 0 Å². The molecule has 0 bridgehead atoms. The smallest absolute Gasteiger partial charge is 0.267 e. The lowest BCUT2D eigenvalue weighted by atomic mass is 10.1.